The number of carbonyl (C=O) groups is 1. The van der Waals surface area contributed by atoms with E-state index >= 15 is 0 Å². The molecule has 4 rings (SSSR count). The summed E-state index contributed by atoms with van der Waals surface area (Å²) < 4.78 is 5.51. The highest BCUT2D eigenvalue weighted by atomic mass is 16.5. The van der Waals surface area contributed by atoms with Crippen LogP contribution in [0.5, 0.6) is 0 Å². The SMILES string of the molecule is Cc1ccc(-c2noc(C3CCN(C(=O)NC4CCCC4)CC3)n2)cc1. The van der Waals surface area contributed by atoms with Crippen LogP contribution in [0.15, 0.2) is 28.8 Å². The predicted octanol–water partition coefficient (Wildman–Crippen LogP) is 3.88. The second-order valence-corrected chi connectivity index (χ2v) is 7.51. The molecular formula is C20H26N4O2. The minimum atomic E-state index is 0.0845. The Hall–Kier alpha value is -2.37. The summed E-state index contributed by atoms with van der Waals surface area (Å²) in [5, 5.41) is 7.30. The van der Waals surface area contributed by atoms with Crippen LogP contribution < -0.4 is 5.32 Å². The van der Waals surface area contributed by atoms with Crippen molar-refractivity contribution in [1.29, 1.82) is 0 Å². The summed E-state index contributed by atoms with van der Waals surface area (Å²) in [4.78, 5) is 18.9. The normalized spacial score (nSPS) is 19.0. The molecule has 26 heavy (non-hydrogen) atoms. The van der Waals surface area contributed by atoms with E-state index in [1.54, 1.807) is 0 Å². The number of nitrogens with one attached hydrogen (secondary N) is 1. The van der Waals surface area contributed by atoms with Crippen molar-refractivity contribution in [3.8, 4) is 11.4 Å². The van der Waals surface area contributed by atoms with Gasteiger partial charge in [-0.25, -0.2) is 4.79 Å². The Bertz CT molecular complexity index is 741. The Morgan fingerprint density at radius 3 is 2.50 bits per heavy atom. The Kier molecular flexibility index (Phi) is 4.91. The number of benzene rings is 1. The first-order valence-corrected chi connectivity index (χ1v) is 9.65. The van der Waals surface area contributed by atoms with E-state index in [9.17, 15) is 4.79 Å². The maximum absolute atomic E-state index is 12.4. The first-order valence-electron chi connectivity index (χ1n) is 9.65. The number of aryl methyl sites for hydroxylation is 1. The summed E-state index contributed by atoms with van der Waals surface area (Å²) in [6.07, 6.45) is 6.43. The molecule has 1 aliphatic carbocycles. The monoisotopic (exact) mass is 354 g/mol. The lowest BCUT2D eigenvalue weighted by Gasteiger charge is -2.31. The van der Waals surface area contributed by atoms with Crippen LogP contribution in [0.25, 0.3) is 11.4 Å². The molecule has 1 aromatic heterocycles. The molecular weight excluding hydrogens is 328 g/mol. The number of carbonyl (C=O) groups excluding carboxylic acids is 1. The molecule has 2 aliphatic rings. The number of likely N-dealkylation sites (tertiary alicyclic amines) is 1. The molecule has 138 valence electrons. The molecule has 0 atom stereocenters. The standard InChI is InChI=1S/C20H26N4O2/c1-14-6-8-15(9-7-14)18-22-19(26-23-18)16-10-12-24(13-11-16)20(25)21-17-4-2-3-5-17/h6-9,16-17H,2-5,10-13H2,1H3,(H,21,25). The molecule has 1 aliphatic heterocycles. The van der Waals surface area contributed by atoms with E-state index in [2.05, 4.69) is 22.4 Å². The third-order valence-electron chi connectivity index (χ3n) is 5.57. The van der Waals surface area contributed by atoms with Crippen molar-refractivity contribution in [3.05, 3.63) is 35.7 Å². The summed E-state index contributed by atoms with van der Waals surface area (Å²) in [7, 11) is 0. The molecule has 1 saturated carbocycles. The van der Waals surface area contributed by atoms with Crippen LogP contribution in [0, 0.1) is 6.92 Å². The van der Waals surface area contributed by atoms with E-state index in [4.69, 9.17) is 4.52 Å². The second kappa shape index (κ2) is 7.48. The van der Waals surface area contributed by atoms with Gasteiger partial charge in [-0.3, -0.25) is 0 Å². The van der Waals surface area contributed by atoms with Crippen LogP contribution in [0.4, 0.5) is 4.79 Å². The Morgan fingerprint density at radius 1 is 1.12 bits per heavy atom. The molecule has 6 heteroatoms. The van der Waals surface area contributed by atoms with Crippen LogP contribution in [0.1, 0.15) is 55.9 Å². The smallest absolute Gasteiger partial charge is 0.317 e. The molecule has 1 saturated heterocycles. The highest BCUT2D eigenvalue weighted by Crippen LogP contribution is 2.29. The van der Waals surface area contributed by atoms with E-state index in [1.165, 1.54) is 18.4 Å². The van der Waals surface area contributed by atoms with Gasteiger partial charge in [-0.2, -0.15) is 4.98 Å². The van der Waals surface area contributed by atoms with E-state index in [-0.39, 0.29) is 11.9 Å². The third kappa shape index (κ3) is 3.74. The number of rotatable bonds is 3. The van der Waals surface area contributed by atoms with Gasteiger partial charge in [-0.05, 0) is 32.6 Å². The summed E-state index contributed by atoms with van der Waals surface area (Å²) >= 11 is 0. The Labute approximate surface area is 154 Å². The predicted molar refractivity (Wildman–Crippen MR) is 98.8 cm³/mol. The van der Waals surface area contributed by atoms with Crippen LogP contribution in [0.2, 0.25) is 0 Å². The van der Waals surface area contributed by atoms with Gasteiger partial charge in [0.05, 0.1) is 0 Å². The second-order valence-electron chi connectivity index (χ2n) is 7.51. The lowest BCUT2D eigenvalue weighted by Crippen LogP contribution is -2.47. The van der Waals surface area contributed by atoms with Crippen molar-refractivity contribution >= 4 is 6.03 Å². The highest BCUT2D eigenvalue weighted by molar-refractivity contribution is 5.74. The van der Waals surface area contributed by atoms with Gasteiger partial charge in [-0.15, -0.1) is 0 Å². The zero-order chi connectivity index (χ0) is 17.9. The number of urea groups is 1. The van der Waals surface area contributed by atoms with Crippen molar-refractivity contribution in [2.45, 2.75) is 57.4 Å². The number of amides is 2. The molecule has 2 aromatic rings. The first kappa shape index (κ1) is 17.1. The molecule has 2 amide bonds. The minimum absolute atomic E-state index is 0.0845. The summed E-state index contributed by atoms with van der Waals surface area (Å²) in [5.74, 6) is 1.56. The first-order chi connectivity index (χ1) is 12.7. The fourth-order valence-corrected chi connectivity index (χ4v) is 3.89. The number of piperidine rings is 1. The average Bonchev–Trinajstić information content (AvgIpc) is 3.34. The number of nitrogens with zero attached hydrogens (tertiary/aromatic N) is 3. The molecule has 1 aromatic carbocycles. The van der Waals surface area contributed by atoms with Gasteiger partial charge in [0.2, 0.25) is 11.7 Å². The molecule has 1 N–H and O–H groups in total. The van der Waals surface area contributed by atoms with Crippen LogP contribution in [0.3, 0.4) is 0 Å². The van der Waals surface area contributed by atoms with Crippen molar-refractivity contribution in [2.75, 3.05) is 13.1 Å². The van der Waals surface area contributed by atoms with Gasteiger partial charge in [-0.1, -0.05) is 47.8 Å². The maximum atomic E-state index is 12.4. The molecule has 0 bridgehead atoms. The zero-order valence-corrected chi connectivity index (χ0v) is 15.3. The van der Waals surface area contributed by atoms with Crippen molar-refractivity contribution in [1.82, 2.24) is 20.4 Å². The van der Waals surface area contributed by atoms with E-state index in [0.29, 0.717) is 17.8 Å². The van der Waals surface area contributed by atoms with Gasteiger partial charge in [0, 0.05) is 30.6 Å². The fraction of sp³-hybridized carbons (Fsp3) is 0.550. The minimum Gasteiger partial charge on any atom is -0.339 e. The molecule has 6 nitrogen and oxygen atoms in total. The molecule has 2 heterocycles. The van der Waals surface area contributed by atoms with Crippen LogP contribution >= 0.6 is 0 Å². The number of aromatic nitrogens is 2. The fourth-order valence-electron chi connectivity index (χ4n) is 3.89. The molecule has 2 fully saturated rings. The quantitative estimate of drug-likeness (QED) is 0.908. The zero-order valence-electron chi connectivity index (χ0n) is 15.3. The maximum Gasteiger partial charge on any atom is 0.317 e. The Morgan fingerprint density at radius 2 is 1.81 bits per heavy atom. The van der Waals surface area contributed by atoms with Gasteiger partial charge < -0.3 is 14.7 Å². The van der Waals surface area contributed by atoms with E-state index in [1.807, 2.05) is 29.2 Å². The summed E-state index contributed by atoms with van der Waals surface area (Å²) in [5.41, 5.74) is 2.18. The summed E-state index contributed by atoms with van der Waals surface area (Å²) in [6, 6.07) is 8.58. The van der Waals surface area contributed by atoms with Crippen molar-refractivity contribution in [2.24, 2.45) is 0 Å². The van der Waals surface area contributed by atoms with Crippen molar-refractivity contribution < 1.29 is 9.32 Å². The molecule has 0 radical (unpaired) electrons. The lowest BCUT2D eigenvalue weighted by atomic mass is 9.97. The Balaban J connectivity index is 1.33. The van der Waals surface area contributed by atoms with E-state index < -0.39 is 0 Å². The van der Waals surface area contributed by atoms with Gasteiger partial charge in [0.25, 0.3) is 0 Å². The average molecular weight is 354 g/mol. The van der Waals surface area contributed by atoms with Crippen LogP contribution in [-0.2, 0) is 0 Å². The molecule has 0 unspecified atom stereocenters. The summed E-state index contributed by atoms with van der Waals surface area (Å²) in [6.45, 7) is 3.54. The topological polar surface area (TPSA) is 71.3 Å². The number of hydrogen-bond acceptors (Lipinski definition) is 4. The van der Waals surface area contributed by atoms with E-state index in [0.717, 1.165) is 44.3 Å². The van der Waals surface area contributed by atoms with Crippen molar-refractivity contribution in [3.63, 3.8) is 0 Å². The third-order valence-corrected chi connectivity index (χ3v) is 5.57. The van der Waals surface area contributed by atoms with Crippen LogP contribution in [-0.4, -0.2) is 40.2 Å². The van der Waals surface area contributed by atoms with Gasteiger partial charge >= 0.3 is 6.03 Å². The van der Waals surface area contributed by atoms with Gasteiger partial charge in [0.15, 0.2) is 0 Å². The largest absolute Gasteiger partial charge is 0.339 e. The lowest BCUT2D eigenvalue weighted by molar-refractivity contribution is 0.172. The van der Waals surface area contributed by atoms with Gasteiger partial charge in [0.1, 0.15) is 0 Å². The number of hydrogen-bond donors (Lipinski definition) is 1. The highest BCUT2D eigenvalue weighted by Gasteiger charge is 2.29. The molecule has 0 spiro atoms.